The molecule has 2 rings (SSSR count). The third-order valence-corrected chi connectivity index (χ3v) is 4.64. The van der Waals surface area contributed by atoms with Crippen LogP contribution >= 0.6 is 0 Å². The number of aromatic nitrogens is 2. The van der Waals surface area contributed by atoms with Crippen molar-refractivity contribution in [2.45, 2.75) is 26.3 Å². The molecular formula is C14H19N3O3S. The lowest BCUT2D eigenvalue weighted by molar-refractivity contribution is 0.548. The van der Waals surface area contributed by atoms with Crippen LogP contribution in [0.2, 0.25) is 0 Å². The molecule has 0 aliphatic heterocycles. The molecule has 0 saturated heterocycles. The van der Waals surface area contributed by atoms with Gasteiger partial charge >= 0.3 is 0 Å². The molecule has 0 amide bonds. The van der Waals surface area contributed by atoms with Crippen LogP contribution in [0, 0.1) is 0 Å². The minimum Gasteiger partial charge on any atom is -0.267 e. The highest BCUT2D eigenvalue weighted by Gasteiger charge is 2.09. The minimum atomic E-state index is -3.26. The van der Waals surface area contributed by atoms with Gasteiger partial charge in [0.05, 0.1) is 23.9 Å². The topological polar surface area (TPSA) is 81.1 Å². The molecule has 0 aliphatic carbocycles. The SMILES string of the molecule is CCCCS(=O)(=O)NCCn1ncc2ccccc2c1=O. The smallest absolute Gasteiger partial charge is 0.267 e. The summed E-state index contributed by atoms with van der Waals surface area (Å²) in [5, 5.41) is 5.42. The second-order valence-electron chi connectivity index (χ2n) is 4.83. The summed E-state index contributed by atoms with van der Waals surface area (Å²) in [5.74, 6) is 0.115. The lowest BCUT2D eigenvalue weighted by Gasteiger charge is -2.08. The number of unbranched alkanes of at least 4 members (excludes halogenated alkanes) is 1. The van der Waals surface area contributed by atoms with Crippen molar-refractivity contribution in [2.75, 3.05) is 12.3 Å². The Balaban J connectivity index is 2.04. The summed E-state index contributed by atoms with van der Waals surface area (Å²) in [6.45, 7) is 2.32. The number of sulfonamides is 1. The van der Waals surface area contributed by atoms with Gasteiger partial charge in [0.15, 0.2) is 0 Å². The van der Waals surface area contributed by atoms with E-state index >= 15 is 0 Å². The van der Waals surface area contributed by atoms with Crippen LogP contribution in [0.5, 0.6) is 0 Å². The molecule has 0 bridgehead atoms. The predicted molar refractivity (Wildman–Crippen MR) is 82.7 cm³/mol. The Morgan fingerprint density at radius 2 is 2.05 bits per heavy atom. The average Bonchev–Trinajstić information content (AvgIpc) is 2.48. The van der Waals surface area contributed by atoms with Crippen LogP contribution in [0.1, 0.15) is 19.8 Å². The van der Waals surface area contributed by atoms with E-state index in [0.29, 0.717) is 11.8 Å². The van der Waals surface area contributed by atoms with E-state index in [0.717, 1.165) is 11.8 Å². The minimum absolute atomic E-state index is 0.115. The second-order valence-corrected chi connectivity index (χ2v) is 6.75. The molecule has 0 spiro atoms. The summed E-state index contributed by atoms with van der Waals surface area (Å²) >= 11 is 0. The number of benzene rings is 1. The number of fused-ring (bicyclic) bond motifs is 1. The first kappa shape index (κ1) is 15.7. The quantitative estimate of drug-likeness (QED) is 0.831. The zero-order chi connectivity index (χ0) is 15.3. The van der Waals surface area contributed by atoms with E-state index in [-0.39, 0.29) is 24.4 Å². The van der Waals surface area contributed by atoms with Gasteiger partial charge < -0.3 is 0 Å². The van der Waals surface area contributed by atoms with Crippen molar-refractivity contribution in [1.82, 2.24) is 14.5 Å². The van der Waals surface area contributed by atoms with Gasteiger partial charge in [-0.1, -0.05) is 31.5 Å². The third-order valence-electron chi connectivity index (χ3n) is 3.17. The van der Waals surface area contributed by atoms with Crippen molar-refractivity contribution in [3.05, 3.63) is 40.8 Å². The maximum Gasteiger partial charge on any atom is 0.274 e. The molecule has 0 unspecified atom stereocenters. The molecule has 1 aromatic carbocycles. The molecule has 21 heavy (non-hydrogen) atoms. The number of nitrogens with one attached hydrogen (secondary N) is 1. The van der Waals surface area contributed by atoms with Gasteiger partial charge in [0.1, 0.15) is 0 Å². The summed E-state index contributed by atoms with van der Waals surface area (Å²) in [7, 11) is -3.26. The molecule has 0 atom stereocenters. The van der Waals surface area contributed by atoms with Crippen molar-refractivity contribution >= 4 is 20.8 Å². The summed E-state index contributed by atoms with van der Waals surface area (Å²) in [6.07, 6.45) is 3.07. The normalized spacial score (nSPS) is 11.9. The monoisotopic (exact) mass is 309 g/mol. The molecule has 1 N–H and O–H groups in total. The van der Waals surface area contributed by atoms with Crippen LogP contribution in [-0.4, -0.2) is 30.5 Å². The first-order valence-corrected chi connectivity index (χ1v) is 8.61. The lowest BCUT2D eigenvalue weighted by atomic mass is 10.2. The molecular weight excluding hydrogens is 290 g/mol. The summed E-state index contributed by atoms with van der Waals surface area (Å²) in [4.78, 5) is 12.2. The maximum absolute atomic E-state index is 12.2. The van der Waals surface area contributed by atoms with Crippen molar-refractivity contribution in [1.29, 1.82) is 0 Å². The predicted octanol–water partition coefficient (Wildman–Crippen LogP) is 1.12. The molecule has 0 aliphatic rings. The fraction of sp³-hybridized carbons (Fsp3) is 0.429. The Morgan fingerprint density at radius 3 is 2.81 bits per heavy atom. The molecule has 1 aromatic heterocycles. The van der Waals surface area contributed by atoms with Crippen LogP contribution in [0.15, 0.2) is 35.3 Å². The van der Waals surface area contributed by atoms with Crippen LogP contribution in [0.3, 0.4) is 0 Å². The van der Waals surface area contributed by atoms with Crippen LogP contribution in [-0.2, 0) is 16.6 Å². The Kier molecular flexibility index (Phi) is 5.08. The zero-order valence-electron chi connectivity index (χ0n) is 11.9. The molecule has 6 nitrogen and oxygen atoms in total. The van der Waals surface area contributed by atoms with Gasteiger partial charge in [-0.25, -0.2) is 17.8 Å². The number of hydrogen-bond acceptors (Lipinski definition) is 4. The van der Waals surface area contributed by atoms with Gasteiger partial charge in [-0.2, -0.15) is 5.10 Å². The summed E-state index contributed by atoms with van der Waals surface area (Å²) < 4.78 is 27.1. The number of hydrogen-bond donors (Lipinski definition) is 1. The van der Waals surface area contributed by atoms with Gasteiger partial charge in [0, 0.05) is 11.9 Å². The van der Waals surface area contributed by atoms with Crippen LogP contribution in [0.25, 0.3) is 10.8 Å². The fourth-order valence-corrected chi connectivity index (χ4v) is 3.22. The fourth-order valence-electron chi connectivity index (χ4n) is 2.00. The Morgan fingerprint density at radius 1 is 1.29 bits per heavy atom. The Bertz CT molecular complexity index is 768. The maximum atomic E-state index is 12.2. The van der Waals surface area contributed by atoms with E-state index in [4.69, 9.17) is 0 Å². The third kappa shape index (κ3) is 4.12. The van der Waals surface area contributed by atoms with E-state index in [2.05, 4.69) is 9.82 Å². The first-order chi connectivity index (χ1) is 10.0. The van der Waals surface area contributed by atoms with Crippen molar-refractivity contribution in [3.8, 4) is 0 Å². The highest BCUT2D eigenvalue weighted by Crippen LogP contribution is 2.06. The van der Waals surface area contributed by atoms with Crippen molar-refractivity contribution < 1.29 is 8.42 Å². The highest BCUT2D eigenvalue weighted by molar-refractivity contribution is 7.89. The van der Waals surface area contributed by atoms with E-state index < -0.39 is 10.0 Å². The van der Waals surface area contributed by atoms with Gasteiger partial charge in [-0.3, -0.25) is 4.79 Å². The molecule has 1 heterocycles. The van der Waals surface area contributed by atoms with Gasteiger partial charge in [-0.05, 0) is 12.5 Å². The molecule has 0 saturated carbocycles. The molecule has 0 fully saturated rings. The standard InChI is InChI=1S/C14H19N3O3S/c1-2-3-10-21(19,20)16-8-9-17-14(18)13-7-5-4-6-12(13)11-15-17/h4-7,11,16H,2-3,8-10H2,1H3. The molecule has 114 valence electrons. The summed E-state index contributed by atoms with van der Waals surface area (Å²) in [5.41, 5.74) is -0.208. The molecule has 0 radical (unpaired) electrons. The van der Waals surface area contributed by atoms with Crippen molar-refractivity contribution in [2.24, 2.45) is 0 Å². The van der Waals surface area contributed by atoms with Gasteiger partial charge in [-0.15, -0.1) is 0 Å². The van der Waals surface area contributed by atoms with E-state index in [1.54, 1.807) is 18.3 Å². The second kappa shape index (κ2) is 6.82. The van der Waals surface area contributed by atoms with Crippen molar-refractivity contribution in [3.63, 3.8) is 0 Å². The van der Waals surface area contributed by atoms with Gasteiger partial charge in [0.25, 0.3) is 5.56 Å². The first-order valence-electron chi connectivity index (χ1n) is 6.95. The van der Waals surface area contributed by atoms with Crippen LogP contribution in [0.4, 0.5) is 0 Å². The van der Waals surface area contributed by atoms with E-state index in [9.17, 15) is 13.2 Å². The largest absolute Gasteiger partial charge is 0.274 e. The average molecular weight is 309 g/mol. The van der Waals surface area contributed by atoms with Gasteiger partial charge in [0.2, 0.25) is 10.0 Å². The Hall–Kier alpha value is -1.73. The molecule has 2 aromatic rings. The molecule has 7 heteroatoms. The number of rotatable bonds is 7. The lowest BCUT2D eigenvalue weighted by Crippen LogP contribution is -2.33. The van der Waals surface area contributed by atoms with Crippen LogP contribution < -0.4 is 10.3 Å². The van der Waals surface area contributed by atoms with E-state index in [1.807, 2.05) is 19.1 Å². The highest BCUT2D eigenvalue weighted by atomic mass is 32.2. The zero-order valence-corrected chi connectivity index (χ0v) is 12.8. The summed E-state index contributed by atoms with van der Waals surface area (Å²) in [6, 6.07) is 7.19. The number of nitrogens with zero attached hydrogens (tertiary/aromatic N) is 2. The van der Waals surface area contributed by atoms with E-state index in [1.165, 1.54) is 4.68 Å². The Labute approximate surface area is 123 Å².